The highest BCUT2D eigenvalue weighted by molar-refractivity contribution is 7.98. The number of carbonyl (C=O) groups is 2. The molecule has 0 amide bonds. The first kappa shape index (κ1) is 18.8. The maximum atomic E-state index is 11.9. The molecule has 0 radical (unpaired) electrons. The molecule has 0 saturated heterocycles. The van der Waals surface area contributed by atoms with Crippen molar-refractivity contribution in [3.8, 4) is 5.75 Å². The van der Waals surface area contributed by atoms with Crippen LogP contribution in [0, 0.1) is 0 Å². The molecular formula is C20H20O4S. The second kappa shape index (κ2) is 9.08. The average Bonchev–Trinajstić information content (AvgIpc) is 2.64. The Kier molecular flexibility index (Phi) is 6.83. The number of ether oxygens (including phenoxy) is 2. The van der Waals surface area contributed by atoms with E-state index in [9.17, 15) is 9.59 Å². The molecule has 0 bridgehead atoms. The Hall–Kier alpha value is -2.53. The van der Waals surface area contributed by atoms with Crippen LogP contribution in [0.2, 0.25) is 0 Å². The number of thioether (sulfide) groups is 1. The van der Waals surface area contributed by atoms with Gasteiger partial charge in [0.2, 0.25) is 0 Å². The minimum atomic E-state index is -0.454. The van der Waals surface area contributed by atoms with Crippen molar-refractivity contribution in [3.63, 3.8) is 0 Å². The van der Waals surface area contributed by atoms with Gasteiger partial charge in [0, 0.05) is 22.1 Å². The summed E-state index contributed by atoms with van der Waals surface area (Å²) in [7, 11) is 1.53. The van der Waals surface area contributed by atoms with Gasteiger partial charge in [-0.2, -0.15) is 0 Å². The molecule has 0 saturated carbocycles. The van der Waals surface area contributed by atoms with Crippen molar-refractivity contribution in [1.29, 1.82) is 0 Å². The number of benzene rings is 2. The lowest BCUT2D eigenvalue weighted by Gasteiger charge is -2.09. The summed E-state index contributed by atoms with van der Waals surface area (Å²) in [6.07, 6.45) is 5.10. The third kappa shape index (κ3) is 5.50. The molecule has 25 heavy (non-hydrogen) atoms. The third-order valence-electron chi connectivity index (χ3n) is 3.58. The van der Waals surface area contributed by atoms with E-state index < -0.39 is 5.97 Å². The van der Waals surface area contributed by atoms with Crippen molar-refractivity contribution in [2.45, 2.75) is 18.4 Å². The number of hydrogen-bond acceptors (Lipinski definition) is 5. The Labute approximate surface area is 151 Å². The van der Waals surface area contributed by atoms with Crippen LogP contribution in [0.4, 0.5) is 0 Å². The van der Waals surface area contributed by atoms with E-state index in [1.807, 2.05) is 30.5 Å². The quantitative estimate of drug-likeness (QED) is 0.319. The first-order chi connectivity index (χ1) is 12.0. The predicted molar refractivity (Wildman–Crippen MR) is 100 cm³/mol. The lowest BCUT2D eigenvalue weighted by Crippen LogP contribution is -2.04. The van der Waals surface area contributed by atoms with Crippen molar-refractivity contribution in [3.05, 3.63) is 65.2 Å². The maximum Gasteiger partial charge on any atom is 0.331 e. The molecular weight excluding hydrogens is 336 g/mol. The number of esters is 1. The summed E-state index contributed by atoms with van der Waals surface area (Å²) in [4.78, 5) is 24.6. The number of carbonyl (C=O) groups excluding carboxylic acids is 2. The highest BCUT2D eigenvalue weighted by Gasteiger charge is 2.09. The molecule has 0 aliphatic carbocycles. The van der Waals surface area contributed by atoms with Crippen LogP contribution >= 0.6 is 11.8 Å². The Balaban J connectivity index is 2.00. The van der Waals surface area contributed by atoms with Crippen LogP contribution in [0.5, 0.6) is 5.75 Å². The van der Waals surface area contributed by atoms with Gasteiger partial charge in [-0.05, 0) is 55.2 Å². The lowest BCUT2D eigenvalue weighted by atomic mass is 10.1. The SMILES string of the molecule is COc1ccc(C(C)=O)cc1COC(=O)/C=C/c1ccc(SC)cc1. The number of methoxy groups -OCH3 is 1. The van der Waals surface area contributed by atoms with Crippen LogP contribution < -0.4 is 4.74 Å². The van der Waals surface area contributed by atoms with E-state index in [1.165, 1.54) is 20.1 Å². The fourth-order valence-electron chi connectivity index (χ4n) is 2.19. The molecule has 2 rings (SSSR count). The molecule has 0 atom stereocenters. The van der Waals surface area contributed by atoms with Crippen molar-refractivity contribution >= 4 is 29.6 Å². The summed E-state index contributed by atoms with van der Waals surface area (Å²) in [5.74, 6) is 0.0717. The van der Waals surface area contributed by atoms with Gasteiger partial charge in [-0.3, -0.25) is 4.79 Å². The van der Waals surface area contributed by atoms with Crippen molar-refractivity contribution < 1.29 is 19.1 Å². The van der Waals surface area contributed by atoms with Gasteiger partial charge in [-0.25, -0.2) is 4.79 Å². The highest BCUT2D eigenvalue weighted by atomic mass is 32.2. The molecule has 0 heterocycles. The number of ketones is 1. The third-order valence-corrected chi connectivity index (χ3v) is 4.33. The van der Waals surface area contributed by atoms with E-state index in [-0.39, 0.29) is 12.4 Å². The zero-order valence-electron chi connectivity index (χ0n) is 14.4. The summed E-state index contributed by atoms with van der Waals surface area (Å²) in [6.45, 7) is 1.53. The fraction of sp³-hybridized carbons (Fsp3) is 0.200. The molecule has 0 unspecified atom stereocenters. The Bertz CT molecular complexity index is 779. The van der Waals surface area contributed by atoms with Crippen LogP contribution in [0.25, 0.3) is 6.08 Å². The van der Waals surface area contributed by atoms with E-state index in [2.05, 4.69) is 0 Å². The first-order valence-corrected chi connectivity index (χ1v) is 8.92. The summed E-state index contributed by atoms with van der Waals surface area (Å²) < 4.78 is 10.5. The zero-order chi connectivity index (χ0) is 18.2. The predicted octanol–water partition coefficient (Wildman–Crippen LogP) is 4.38. The van der Waals surface area contributed by atoms with E-state index in [1.54, 1.807) is 36.0 Å². The summed E-state index contributed by atoms with van der Waals surface area (Å²) in [5, 5.41) is 0. The molecule has 0 spiro atoms. The number of rotatable bonds is 7. The fourth-order valence-corrected chi connectivity index (χ4v) is 2.59. The van der Waals surface area contributed by atoms with E-state index >= 15 is 0 Å². The zero-order valence-corrected chi connectivity index (χ0v) is 15.3. The Morgan fingerprint density at radius 1 is 1.12 bits per heavy atom. The normalized spacial score (nSPS) is 10.7. The van der Waals surface area contributed by atoms with Crippen LogP contribution in [0.3, 0.4) is 0 Å². The van der Waals surface area contributed by atoms with Gasteiger partial charge in [0.25, 0.3) is 0 Å². The number of Topliss-reactive ketones (excluding diaryl/α,β-unsaturated/α-hetero) is 1. The van der Waals surface area contributed by atoms with Gasteiger partial charge >= 0.3 is 5.97 Å². The second-order valence-electron chi connectivity index (χ2n) is 5.30. The van der Waals surface area contributed by atoms with Gasteiger partial charge in [0.05, 0.1) is 7.11 Å². The number of hydrogen-bond donors (Lipinski definition) is 0. The molecule has 130 valence electrons. The smallest absolute Gasteiger partial charge is 0.331 e. The summed E-state index contributed by atoms with van der Waals surface area (Å²) in [6, 6.07) is 12.9. The summed E-state index contributed by atoms with van der Waals surface area (Å²) >= 11 is 1.66. The Morgan fingerprint density at radius 2 is 1.84 bits per heavy atom. The van der Waals surface area contributed by atoms with Gasteiger partial charge < -0.3 is 9.47 Å². The van der Waals surface area contributed by atoms with Crippen molar-refractivity contribution in [2.24, 2.45) is 0 Å². The average molecular weight is 356 g/mol. The minimum Gasteiger partial charge on any atom is -0.496 e. The standard InChI is InChI=1S/C20H20O4S/c1-14(21)16-7-10-19(23-2)17(12-16)13-24-20(22)11-6-15-4-8-18(25-3)9-5-15/h4-12H,13H2,1-3H3/b11-6+. The van der Waals surface area contributed by atoms with E-state index in [4.69, 9.17) is 9.47 Å². The highest BCUT2D eigenvalue weighted by Crippen LogP contribution is 2.21. The molecule has 4 nitrogen and oxygen atoms in total. The molecule has 0 aliphatic heterocycles. The van der Waals surface area contributed by atoms with Gasteiger partial charge in [0.1, 0.15) is 12.4 Å². The largest absolute Gasteiger partial charge is 0.496 e. The molecule has 0 N–H and O–H groups in total. The lowest BCUT2D eigenvalue weighted by molar-refractivity contribution is -0.138. The topological polar surface area (TPSA) is 52.6 Å². The minimum absolute atomic E-state index is 0.0406. The van der Waals surface area contributed by atoms with Crippen molar-refractivity contribution in [2.75, 3.05) is 13.4 Å². The molecule has 0 fully saturated rings. The van der Waals surface area contributed by atoms with E-state index in [0.29, 0.717) is 16.9 Å². The van der Waals surface area contributed by atoms with Gasteiger partial charge in [0.15, 0.2) is 5.78 Å². The van der Waals surface area contributed by atoms with Gasteiger partial charge in [-0.1, -0.05) is 12.1 Å². The van der Waals surface area contributed by atoms with Crippen LogP contribution in [0.1, 0.15) is 28.4 Å². The monoisotopic (exact) mass is 356 g/mol. The molecule has 5 heteroatoms. The van der Waals surface area contributed by atoms with E-state index in [0.717, 1.165) is 10.5 Å². The van der Waals surface area contributed by atoms with Crippen LogP contribution in [-0.2, 0) is 16.1 Å². The molecule has 0 aliphatic rings. The van der Waals surface area contributed by atoms with Gasteiger partial charge in [-0.15, -0.1) is 11.8 Å². The molecule has 2 aromatic rings. The summed E-state index contributed by atoms with van der Waals surface area (Å²) in [5.41, 5.74) is 2.13. The van der Waals surface area contributed by atoms with Crippen LogP contribution in [0.15, 0.2) is 53.4 Å². The Morgan fingerprint density at radius 3 is 2.44 bits per heavy atom. The molecule has 0 aromatic heterocycles. The first-order valence-electron chi connectivity index (χ1n) is 7.70. The van der Waals surface area contributed by atoms with Crippen molar-refractivity contribution in [1.82, 2.24) is 0 Å². The maximum absolute atomic E-state index is 11.9. The second-order valence-corrected chi connectivity index (χ2v) is 6.18. The van der Waals surface area contributed by atoms with Crippen LogP contribution in [-0.4, -0.2) is 25.1 Å². The molecule has 2 aromatic carbocycles.